The van der Waals surface area contributed by atoms with Crippen LogP contribution >= 0.6 is 24.0 Å². The predicted octanol–water partition coefficient (Wildman–Crippen LogP) is 3.37. The number of hydrogen-bond acceptors (Lipinski definition) is 5. The van der Waals surface area contributed by atoms with Gasteiger partial charge in [-0.1, -0.05) is 38.3 Å². The molecule has 172 valence electrons. The highest BCUT2D eigenvalue weighted by Gasteiger charge is 2.34. The number of rotatable bonds is 8. The second kappa shape index (κ2) is 12.9. The second-order valence-electron chi connectivity index (χ2n) is 8.47. The van der Waals surface area contributed by atoms with E-state index in [1.807, 2.05) is 7.05 Å². The number of ether oxygens (including phenoxy) is 1. The summed E-state index contributed by atoms with van der Waals surface area (Å²) in [6.45, 7) is 10.9. The van der Waals surface area contributed by atoms with Crippen LogP contribution < -0.4 is 10.6 Å². The number of halogens is 1. The molecule has 2 N–H and O–H groups in total. The molecule has 30 heavy (non-hydrogen) atoms. The van der Waals surface area contributed by atoms with Crippen molar-refractivity contribution in [1.29, 1.82) is 0 Å². The third-order valence-corrected chi connectivity index (χ3v) is 6.47. The largest absolute Gasteiger partial charge is 0.379 e. The smallest absolute Gasteiger partial charge is 0.191 e. The van der Waals surface area contributed by atoms with E-state index in [2.05, 4.69) is 39.5 Å². The van der Waals surface area contributed by atoms with Crippen LogP contribution in [0.15, 0.2) is 9.52 Å². The SMILES string of the molecule is CCc1noc(CC)c1CNC(=NC)NCC1(CN2CCOCC2)CCCCC1.I. The van der Waals surface area contributed by atoms with Crippen molar-refractivity contribution in [2.75, 3.05) is 46.4 Å². The topological polar surface area (TPSA) is 74.9 Å². The molecule has 0 amide bonds. The number of aryl methyl sites for hydroxylation is 2. The molecule has 2 heterocycles. The Kier molecular flexibility index (Phi) is 10.9. The lowest BCUT2D eigenvalue weighted by Crippen LogP contribution is -2.51. The van der Waals surface area contributed by atoms with Crippen LogP contribution in [0.5, 0.6) is 0 Å². The Bertz CT molecular complexity index is 630. The average Bonchev–Trinajstić information content (AvgIpc) is 3.17. The van der Waals surface area contributed by atoms with Gasteiger partial charge in [-0.3, -0.25) is 9.89 Å². The van der Waals surface area contributed by atoms with Gasteiger partial charge < -0.3 is 19.9 Å². The molecule has 1 aromatic rings. The summed E-state index contributed by atoms with van der Waals surface area (Å²) in [5.74, 6) is 1.84. The van der Waals surface area contributed by atoms with Gasteiger partial charge in [0.05, 0.1) is 18.9 Å². The monoisotopic (exact) mass is 533 g/mol. The van der Waals surface area contributed by atoms with Gasteiger partial charge in [-0.2, -0.15) is 0 Å². The summed E-state index contributed by atoms with van der Waals surface area (Å²) < 4.78 is 11.0. The molecule has 1 saturated carbocycles. The van der Waals surface area contributed by atoms with Crippen molar-refractivity contribution >= 4 is 29.9 Å². The zero-order valence-corrected chi connectivity index (χ0v) is 21.3. The third kappa shape index (κ3) is 6.82. The van der Waals surface area contributed by atoms with Crippen molar-refractivity contribution in [3.63, 3.8) is 0 Å². The Hall–Kier alpha value is -0.870. The zero-order chi connectivity index (χ0) is 20.5. The fourth-order valence-electron chi connectivity index (χ4n) is 4.73. The number of nitrogens with one attached hydrogen (secondary N) is 2. The molecule has 1 saturated heterocycles. The van der Waals surface area contributed by atoms with Crippen molar-refractivity contribution < 1.29 is 9.26 Å². The Labute approximate surface area is 198 Å². The Morgan fingerprint density at radius 1 is 1.10 bits per heavy atom. The molecule has 7 nitrogen and oxygen atoms in total. The van der Waals surface area contributed by atoms with E-state index in [9.17, 15) is 0 Å². The van der Waals surface area contributed by atoms with Gasteiger partial charge in [0.2, 0.25) is 0 Å². The highest BCUT2D eigenvalue weighted by molar-refractivity contribution is 14.0. The minimum Gasteiger partial charge on any atom is -0.379 e. The summed E-state index contributed by atoms with van der Waals surface area (Å²) in [5, 5.41) is 11.3. The van der Waals surface area contributed by atoms with Crippen LogP contribution in [0.4, 0.5) is 0 Å². The van der Waals surface area contributed by atoms with E-state index in [-0.39, 0.29) is 24.0 Å². The summed E-state index contributed by atoms with van der Waals surface area (Å²) in [7, 11) is 1.85. The summed E-state index contributed by atoms with van der Waals surface area (Å²) in [4.78, 5) is 7.06. The van der Waals surface area contributed by atoms with Gasteiger partial charge in [-0.15, -0.1) is 24.0 Å². The van der Waals surface area contributed by atoms with Gasteiger partial charge >= 0.3 is 0 Å². The van der Waals surface area contributed by atoms with Gasteiger partial charge in [-0.05, 0) is 19.3 Å². The maximum Gasteiger partial charge on any atom is 0.191 e. The maximum atomic E-state index is 5.54. The third-order valence-electron chi connectivity index (χ3n) is 6.47. The molecular weight excluding hydrogens is 493 g/mol. The molecule has 1 aliphatic carbocycles. The van der Waals surface area contributed by atoms with Crippen molar-refractivity contribution in [2.24, 2.45) is 10.4 Å². The van der Waals surface area contributed by atoms with Crippen LogP contribution in [0, 0.1) is 5.41 Å². The predicted molar refractivity (Wildman–Crippen MR) is 132 cm³/mol. The summed E-state index contributed by atoms with van der Waals surface area (Å²) in [5.41, 5.74) is 2.55. The van der Waals surface area contributed by atoms with Gasteiger partial charge in [0.25, 0.3) is 0 Å². The number of hydrogen-bond donors (Lipinski definition) is 2. The number of nitrogens with zero attached hydrogens (tertiary/aromatic N) is 3. The molecule has 2 fully saturated rings. The van der Waals surface area contributed by atoms with E-state index in [1.54, 1.807) is 0 Å². The Morgan fingerprint density at radius 3 is 2.47 bits per heavy atom. The van der Waals surface area contributed by atoms with Gasteiger partial charge in [0.1, 0.15) is 5.76 Å². The number of aliphatic imine (C=N–C) groups is 1. The Balaban J connectivity index is 0.00000320. The van der Waals surface area contributed by atoms with E-state index in [0.29, 0.717) is 12.0 Å². The summed E-state index contributed by atoms with van der Waals surface area (Å²) in [6.07, 6.45) is 8.36. The number of morpholine rings is 1. The van der Waals surface area contributed by atoms with E-state index >= 15 is 0 Å². The minimum atomic E-state index is 0. The van der Waals surface area contributed by atoms with Crippen LogP contribution in [0.2, 0.25) is 0 Å². The molecule has 1 aliphatic heterocycles. The summed E-state index contributed by atoms with van der Waals surface area (Å²) >= 11 is 0. The van der Waals surface area contributed by atoms with E-state index < -0.39 is 0 Å². The average molecular weight is 533 g/mol. The van der Waals surface area contributed by atoms with Crippen LogP contribution in [0.1, 0.15) is 63.0 Å². The van der Waals surface area contributed by atoms with Gasteiger partial charge in [0, 0.05) is 57.2 Å². The molecule has 1 aromatic heterocycles. The fourth-order valence-corrected chi connectivity index (χ4v) is 4.73. The summed E-state index contributed by atoms with van der Waals surface area (Å²) in [6, 6.07) is 0. The van der Waals surface area contributed by atoms with Gasteiger partial charge in [-0.25, -0.2) is 0 Å². The lowest BCUT2D eigenvalue weighted by Gasteiger charge is -2.42. The Morgan fingerprint density at radius 2 is 1.83 bits per heavy atom. The van der Waals surface area contributed by atoms with Crippen molar-refractivity contribution in [1.82, 2.24) is 20.7 Å². The molecule has 0 atom stereocenters. The first-order valence-electron chi connectivity index (χ1n) is 11.4. The molecule has 2 aliphatic rings. The molecular formula is C22H40IN5O2. The van der Waals surface area contributed by atoms with Crippen LogP contribution in [0.25, 0.3) is 0 Å². The highest BCUT2D eigenvalue weighted by atomic mass is 127. The molecule has 8 heteroatoms. The molecule has 0 bridgehead atoms. The lowest BCUT2D eigenvalue weighted by atomic mass is 9.73. The molecule has 0 radical (unpaired) electrons. The molecule has 0 spiro atoms. The lowest BCUT2D eigenvalue weighted by molar-refractivity contribution is 0.00820. The quantitative estimate of drug-likeness (QED) is 0.303. The number of aromatic nitrogens is 1. The first kappa shape index (κ1) is 25.4. The molecule has 0 unspecified atom stereocenters. The molecule has 3 rings (SSSR count). The van der Waals surface area contributed by atoms with Gasteiger partial charge in [0.15, 0.2) is 5.96 Å². The maximum absolute atomic E-state index is 5.54. The van der Waals surface area contributed by atoms with E-state index in [1.165, 1.54) is 37.7 Å². The number of guanidine groups is 1. The van der Waals surface area contributed by atoms with E-state index in [0.717, 1.165) is 69.6 Å². The minimum absolute atomic E-state index is 0. The van der Waals surface area contributed by atoms with Crippen molar-refractivity contribution in [3.05, 3.63) is 17.0 Å². The zero-order valence-electron chi connectivity index (χ0n) is 19.0. The van der Waals surface area contributed by atoms with E-state index in [4.69, 9.17) is 9.26 Å². The second-order valence-corrected chi connectivity index (χ2v) is 8.47. The fraction of sp³-hybridized carbons (Fsp3) is 0.818. The normalized spacial score (nSPS) is 19.9. The van der Waals surface area contributed by atoms with Crippen molar-refractivity contribution in [3.8, 4) is 0 Å². The first-order chi connectivity index (χ1) is 14.2. The van der Waals surface area contributed by atoms with Crippen LogP contribution in [-0.2, 0) is 24.1 Å². The highest BCUT2D eigenvalue weighted by Crippen LogP contribution is 2.36. The van der Waals surface area contributed by atoms with Crippen LogP contribution in [0.3, 0.4) is 0 Å². The van der Waals surface area contributed by atoms with Crippen molar-refractivity contribution in [2.45, 2.75) is 65.3 Å². The van der Waals surface area contributed by atoms with Crippen LogP contribution in [-0.4, -0.2) is 62.5 Å². The standard InChI is InChI=1S/C22H39N5O2.HI/c1-4-19-18(20(5-2)29-26-19)15-24-21(23-3)25-16-22(9-7-6-8-10-22)17-27-11-13-28-14-12-27;/h4-17H2,1-3H3,(H2,23,24,25);1H. The first-order valence-corrected chi connectivity index (χ1v) is 11.4. The molecule has 0 aromatic carbocycles.